The fourth-order valence-corrected chi connectivity index (χ4v) is 4.32. The lowest BCUT2D eigenvalue weighted by Crippen LogP contribution is -2.34. The van der Waals surface area contributed by atoms with Crippen LogP contribution in [0.25, 0.3) is 11.8 Å². The summed E-state index contributed by atoms with van der Waals surface area (Å²) in [7, 11) is 0. The number of aromatic nitrogens is 1. The minimum atomic E-state index is 0.129. The number of hydrogen-bond acceptors (Lipinski definition) is 4. The first-order chi connectivity index (χ1) is 13.9. The monoisotopic (exact) mass is 394 g/mol. The number of amides is 1. The van der Waals surface area contributed by atoms with E-state index in [0.717, 1.165) is 23.6 Å². The number of carbonyl (C=O) groups excluding carboxylic acids is 1. The molecule has 1 saturated carbocycles. The molecule has 1 aliphatic carbocycles. The average molecular weight is 395 g/mol. The van der Waals surface area contributed by atoms with Crippen LogP contribution in [-0.4, -0.2) is 33.5 Å². The average Bonchev–Trinajstić information content (AvgIpc) is 3.41. The number of nitrogens with two attached hydrogens (primary N) is 2. The Hall–Kier alpha value is -3.15. The van der Waals surface area contributed by atoms with Crippen molar-refractivity contribution < 1.29 is 9.90 Å². The standard InChI is InChI=1S/C13H15N3O.C10H15NO/c1-8-7-16-13(15)10(8)6-11(14)9-4-2-3-5-12(9)17;1-2-10(12)11-7-6-8-4-3-5-9(8)11/h2-7,16-17H,14-15H2,1H3;2,8-9H,1,3-7H2/b11-6-;/t;8-,9-/m.1/s1. The van der Waals surface area contributed by atoms with Crippen LogP contribution in [0.3, 0.4) is 0 Å². The highest BCUT2D eigenvalue weighted by atomic mass is 16.3. The van der Waals surface area contributed by atoms with Gasteiger partial charge in [0.1, 0.15) is 11.6 Å². The lowest BCUT2D eigenvalue weighted by Gasteiger charge is -2.21. The number of aromatic amines is 1. The summed E-state index contributed by atoms with van der Waals surface area (Å²) >= 11 is 0. The number of aromatic hydroxyl groups is 1. The van der Waals surface area contributed by atoms with Crippen LogP contribution in [0.2, 0.25) is 0 Å². The number of phenols is 1. The minimum Gasteiger partial charge on any atom is -0.507 e. The number of nitrogen functional groups attached to an aromatic ring is 1. The largest absolute Gasteiger partial charge is 0.507 e. The second-order valence-corrected chi connectivity index (χ2v) is 7.70. The van der Waals surface area contributed by atoms with E-state index >= 15 is 0 Å². The third-order valence-corrected chi connectivity index (χ3v) is 5.89. The van der Waals surface area contributed by atoms with Crippen molar-refractivity contribution in [2.45, 2.75) is 38.6 Å². The van der Waals surface area contributed by atoms with E-state index in [1.165, 1.54) is 31.8 Å². The van der Waals surface area contributed by atoms with Crippen LogP contribution >= 0.6 is 0 Å². The van der Waals surface area contributed by atoms with Crippen molar-refractivity contribution in [3.8, 4) is 5.75 Å². The molecule has 2 heterocycles. The highest BCUT2D eigenvalue weighted by Gasteiger charge is 2.38. The number of H-pyrrole nitrogens is 1. The summed E-state index contributed by atoms with van der Waals surface area (Å²) in [6.45, 7) is 6.43. The molecule has 0 radical (unpaired) electrons. The van der Waals surface area contributed by atoms with Gasteiger partial charge in [-0.2, -0.15) is 0 Å². The Labute approximate surface area is 171 Å². The van der Waals surface area contributed by atoms with Gasteiger partial charge in [0.05, 0.1) is 0 Å². The molecule has 2 fully saturated rings. The number of nitrogens with one attached hydrogen (secondary N) is 1. The maximum absolute atomic E-state index is 11.4. The van der Waals surface area contributed by atoms with E-state index in [0.29, 0.717) is 23.1 Å². The first-order valence-electron chi connectivity index (χ1n) is 10.0. The van der Waals surface area contributed by atoms with Gasteiger partial charge in [-0.05, 0) is 62.0 Å². The minimum absolute atomic E-state index is 0.129. The first kappa shape index (κ1) is 20.6. The molecule has 0 unspecified atom stereocenters. The molecule has 29 heavy (non-hydrogen) atoms. The van der Waals surface area contributed by atoms with Crippen molar-refractivity contribution in [3.63, 3.8) is 0 Å². The molecule has 1 aromatic carbocycles. The molecule has 154 valence electrons. The highest BCUT2D eigenvalue weighted by Crippen LogP contribution is 2.37. The molecule has 6 N–H and O–H groups in total. The third-order valence-electron chi connectivity index (χ3n) is 5.89. The van der Waals surface area contributed by atoms with Gasteiger partial charge in [0.2, 0.25) is 5.91 Å². The van der Waals surface area contributed by atoms with E-state index in [1.54, 1.807) is 24.3 Å². The second-order valence-electron chi connectivity index (χ2n) is 7.70. The molecule has 1 aromatic heterocycles. The highest BCUT2D eigenvalue weighted by molar-refractivity contribution is 5.87. The van der Waals surface area contributed by atoms with E-state index in [2.05, 4.69) is 11.6 Å². The Kier molecular flexibility index (Phi) is 6.32. The maximum Gasteiger partial charge on any atom is 0.246 e. The summed E-state index contributed by atoms with van der Waals surface area (Å²) in [4.78, 5) is 16.3. The van der Waals surface area contributed by atoms with Crippen LogP contribution in [-0.2, 0) is 4.79 Å². The number of benzene rings is 1. The zero-order valence-corrected chi connectivity index (χ0v) is 16.9. The molecule has 2 aliphatic rings. The van der Waals surface area contributed by atoms with Crippen LogP contribution < -0.4 is 11.5 Å². The topological polar surface area (TPSA) is 108 Å². The van der Waals surface area contributed by atoms with Crippen LogP contribution in [0.1, 0.15) is 42.4 Å². The molecule has 2 atom stereocenters. The van der Waals surface area contributed by atoms with E-state index < -0.39 is 0 Å². The molecule has 6 nitrogen and oxygen atoms in total. The number of carbonyl (C=O) groups is 1. The summed E-state index contributed by atoms with van der Waals surface area (Å²) in [5.41, 5.74) is 14.7. The summed E-state index contributed by atoms with van der Waals surface area (Å²) in [6, 6.07) is 7.49. The molecule has 1 aliphatic heterocycles. The lowest BCUT2D eigenvalue weighted by atomic mass is 10.0. The molecule has 0 bridgehead atoms. The van der Waals surface area contributed by atoms with Crippen molar-refractivity contribution in [3.05, 3.63) is 59.8 Å². The van der Waals surface area contributed by atoms with Crippen molar-refractivity contribution in [2.75, 3.05) is 12.3 Å². The molecule has 0 spiro atoms. The van der Waals surface area contributed by atoms with Crippen molar-refractivity contribution in [1.29, 1.82) is 0 Å². The van der Waals surface area contributed by atoms with Crippen LogP contribution in [0, 0.1) is 12.8 Å². The number of nitrogens with zero attached hydrogens (tertiary/aromatic N) is 1. The Morgan fingerprint density at radius 1 is 1.31 bits per heavy atom. The predicted octanol–water partition coefficient (Wildman–Crippen LogP) is 3.64. The Balaban J connectivity index is 0.000000176. The molecule has 6 heteroatoms. The zero-order chi connectivity index (χ0) is 21.0. The van der Waals surface area contributed by atoms with Crippen molar-refractivity contribution >= 4 is 23.5 Å². The van der Waals surface area contributed by atoms with Crippen LogP contribution in [0.15, 0.2) is 43.1 Å². The maximum atomic E-state index is 11.4. The normalized spacial score (nSPS) is 20.7. The lowest BCUT2D eigenvalue weighted by molar-refractivity contribution is -0.126. The quantitative estimate of drug-likeness (QED) is 0.596. The molecular formula is C23H30N4O2. The van der Waals surface area contributed by atoms with Gasteiger partial charge in [-0.15, -0.1) is 0 Å². The molecule has 2 aromatic rings. The summed E-state index contributed by atoms with van der Waals surface area (Å²) in [5.74, 6) is 1.66. The van der Waals surface area contributed by atoms with E-state index in [-0.39, 0.29) is 11.7 Å². The fourth-order valence-electron chi connectivity index (χ4n) is 4.32. The van der Waals surface area contributed by atoms with Crippen molar-refractivity contribution in [1.82, 2.24) is 9.88 Å². The van der Waals surface area contributed by atoms with Gasteiger partial charge >= 0.3 is 0 Å². The molecule has 1 amide bonds. The molecule has 1 saturated heterocycles. The number of hydrogen-bond donors (Lipinski definition) is 4. The Morgan fingerprint density at radius 2 is 2.07 bits per heavy atom. The van der Waals surface area contributed by atoms with Gasteiger partial charge in [-0.3, -0.25) is 4.79 Å². The summed E-state index contributed by atoms with van der Waals surface area (Å²) < 4.78 is 0. The number of rotatable bonds is 3. The smallest absolute Gasteiger partial charge is 0.246 e. The van der Waals surface area contributed by atoms with Gasteiger partial charge in [0.25, 0.3) is 0 Å². The summed E-state index contributed by atoms with van der Waals surface area (Å²) in [6.07, 6.45) is 10.1. The van der Waals surface area contributed by atoms with Gasteiger partial charge in [0.15, 0.2) is 0 Å². The van der Waals surface area contributed by atoms with Gasteiger partial charge in [-0.1, -0.05) is 25.1 Å². The number of fused-ring (bicyclic) bond motifs is 1. The van der Waals surface area contributed by atoms with Crippen LogP contribution in [0.5, 0.6) is 5.75 Å². The Bertz CT molecular complexity index is 896. The van der Waals surface area contributed by atoms with Crippen LogP contribution in [0.4, 0.5) is 5.82 Å². The van der Waals surface area contributed by atoms with E-state index in [4.69, 9.17) is 11.5 Å². The first-order valence-corrected chi connectivity index (χ1v) is 10.0. The SMILES string of the molecule is C=CC(=O)N1CC[C@H]2CCC[C@H]21.Cc1c[nH]c(N)c1/C=C(\N)c1ccccc1O. The predicted molar refractivity (Wildman–Crippen MR) is 118 cm³/mol. The van der Waals surface area contributed by atoms with Gasteiger partial charge in [-0.25, -0.2) is 0 Å². The second kappa shape index (κ2) is 8.90. The van der Waals surface area contributed by atoms with Crippen molar-refractivity contribution in [2.24, 2.45) is 11.7 Å². The van der Waals surface area contributed by atoms with Gasteiger partial charge < -0.3 is 26.5 Å². The van der Waals surface area contributed by atoms with E-state index in [1.807, 2.05) is 24.1 Å². The third kappa shape index (κ3) is 4.47. The number of para-hydroxylation sites is 1. The fraction of sp³-hybridized carbons (Fsp3) is 0.348. The van der Waals surface area contributed by atoms with E-state index in [9.17, 15) is 9.90 Å². The number of anilines is 1. The molecule has 4 rings (SSSR count). The number of phenolic OH excluding ortho intramolecular Hbond substituents is 1. The number of aryl methyl sites for hydroxylation is 1. The number of likely N-dealkylation sites (tertiary alicyclic amines) is 1. The zero-order valence-electron chi connectivity index (χ0n) is 16.9. The molecular weight excluding hydrogens is 364 g/mol. The van der Waals surface area contributed by atoms with Gasteiger partial charge in [0, 0.05) is 35.6 Å². The Morgan fingerprint density at radius 3 is 2.72 bits per heavy atom. The summed E-state index contributed by atoms with van der Waals surface area (Å²) in [5, 5.41) is 9.69.